The van der Waals surface area contributed by atoms with Crippen molar-refractivity contribution in [2.75, 3.05) is 17.1 Å². The van der Waals surface area contributed by atoms with Gasteiger partial charge in [0.05, 0.1) is 17.3 Å². The van der Waals surface area contributed by atoms with E-state index in [1.807, 2.05) is 6.07 Å². The van der Waals surface area contributed by atoms with Gasteiger partial charge < -0.3 is 5.73 Å². The van der Waals surface area contributed by atoms with Crippen molar-refractivity contribution < 1.29 is 8.42 Å². The van der Waals surface area contributed by atoms with E-state index in [2.05, 4.69) is 20.9 Å². The molecule has 2 N–H and O–H groups in total. The third kappa shape index (κ3) is 2.99. The first-order valence-electron chi connectivity index (χ1n) is 5.76. The van der Waals surface area contributed by atoms with Crippen LogP contribution in [0, 0.1) is 11.3 Å². The molecule has 0 bridgehead atoms. The van der Waals surface area contributed by atoms with E-state index in [9.17, 15) is 8.42 Å². The van der Waals surface area contributed by atoms with Crippen LogP contribution in [0.2, 0.25) is 0 Å². The van der Waals surface area contributed by atoms with E-state index >= 15 is 0 Å². The Morgan fingerprint density at radius 1 is 1.33 bits per heavy atom. The van der Waals surface area contributed by atoms with Crippen molar-refractivity contribution >= 4 is 37.5 Å². The first-order chi connectivity index (χ1) is 9.86. The normalized spacial score (nSPS) is 10.9. The van der Waals surface area contributed by atoms with Gasteiger partial charge in [-0.1, -0.05) is 0 Å². The smallest absolute Gasteiger partial charge is 0.267 e. The second-order valence-corrected chi connectivity index (χ2v) is 7.02. The van der Waals surface area contributed by atoms with Crippen LogP contribution in [0.25, 0.3) is 0 Å². The molecule has 0 atom stereocenters. The summed E-state index contributed by atoms with van der Waals surface area (Å²) in [5.41, 5.74) is 6.53. The monoisotopic (exact) mass is 366 g/mol. The molecule has 0 aliphatic heterocycles. The van der Waals surface area contributed by atoms with Crippen LogP contribution in [0.1, 0.15) is 5.56 Å². The highest BCUT2D eigenvalue weighted by atomic mass is 79.9. The summed E-state index contributed by atoms with van der Waals surface area (Å²) in [5, 5.41) is 8.76. The van der Waals surface area contributed by atoms with Gasteiger partial charge in [0.2, 0.25) is 0 Å². The number of benzene rings is 1. The highest BCUT2D eigenvalue weighted by molar-refractivity contribution is 9.10. The summed E-state index contributed by atoms with van der Waals surface area (Å²) in [7, 11) is -2.42. The van der Waals surface area contributed by atoms with Gasteiger partial charge in [0.15, 0.2) is 0 Å². The predicted octanol–water partition coefficient (Wildman–Crippen LogP) is 2.12. The maximum atomic E-state index is 12.6. The molecule has 108 valence electrons. The minimum Gasteiger partial charge on any atom is -0.383 e. The number of nitrogens with zero attached hydrogens (tertiary/aromatic N) is 3. The van der Waals surface area contributed by atoms with E-state index in [0.717, 1.165) is 4.31 Å². The highest BCUT2D eigenvalue weighted by Gasteiger charge is 2.24. The molecule has 21 heavy (non-hydrogen) atoms. The quantitative estimate of drug-likeness (QED) is 0.896. The number of aromatic nitrogens is 1. The van der Waals surface area contributed by atoms with Gasteiger partial charge in [-0.05, 0) is 46.3 Å². The lowest BCUT2D eigenvalue weighted by Gasteiger charge is -2.20. The van der Waals surface area contributed by atoms with Crippen LogP contribution < -0.4 is 10.0 Å². The standard InChI is InChI=1S/C13H11BrN4O2S/c1-18(11-4-2-9(7-15)3-5-11)21(19,20)12-6-10(14)8-17-13(12)16/h2-6,8H,1H3,(H2,16,17). The number of pyridine rings is 1. The SMILES string of the molecule is CN(c1ccc(C#N)cc1)S(=O)(=O)c1cc(Br)cnc1N. The first kappa shape index (κ1) is 15.3. The van der Waals surface area contributed by atoms with Crippen molar-refractivity contribution in [1.82, 2.24) is 4.98 Å². The van der Waals surface area contributed by atoms with Crippen LogP contribution in [-0.4, -0.2) is 20.4 Å². The zero-order valence-electron chi connectivity index (χ0n) is 11.0. The number of anilines is 2. The molecule has 0 aliphatic rings. The number of nitrogens with two attached hydrogens (primary N) is 1. The van der Waals surface area contributed by atoms with Crippen molar-refractivity contribution in [3.05, 3.63) is 46.6 Å². The fourth-order valence-electron chi connectivity index (χ4n) is 1.67. The van der Waals surface area contributed by atoms with Gasteiger partial charge in [0.25, 0.3) is 10.0 Å². The number of nitrogen functional groups attached to an aromatic ring is 1. The Bertz CT molecular complexity index is 813. The van der Waals surface area contributed by atoms with Gasteiger partial charge in [-0.2, -0.15) is 5.26 Å². The third-order valence-corrected chi connectivity index (χ3v) is 5.10. The Balaban J connectivity index is 2.47. The molecule has 0 fully saturated rings. The summed E-state index contributed by atoms with van der Waals surface area (Å²) >= 11 is 3.18. The minimum atomic E-state index is -3.83. The Morgan fingerprint density at radius 3 is 2.52 bits per heavy atom. The van der Waals surface area contributed by atoms with E-state index < -0.39 is 10.0 Å². The van der Waals surface area contributed by atoms with Crippen molar-refractivity contribution in [3.63, 3.8) is 0 Å². The van der Waals surface area contributed by atoms with Crippen molar-refractivity contribution in [2.45, 2.75) is 4.90 Å². The summed E-state index contributed by atoms with van der Waals surface area (Å²) in [6, 6.07) is 9.57. The molecular formula is C13H11BrN4O2S. The molecule has 1 aromatic heterocycles. The van der Waals surface area contributed by atoms with Crippen LogP contribution in [-0.2, 0) is 10.0 Å². The van der Waals surface area contributed by atoms with Gasteiger partial charge in [-0.3, -0.25) is 4.31 Å². The lowest BCUT2D eigenvalue weighted by Crippen LogP contribution is -2.27. The molecule has 0 spiro atoms. The van der Waals surface area contributed by atoms with Crippen LogP contribution in [0.4, 0.5) is 11.5 Å². The molecular weight excluding hydrogens is 356 g/mol. The largest absolute Gasteiger partial charge is 0.383 e. The summed E-state index contributed by atoms with van der Waals surface area (Å²) in [6.45, 7) is 0. The van der Waals surface area contributed by atoms with Gasteiger partial charge in [0, 0.05) is 17.7 Å². The number of rotatable bonds is 3. The molecule has 2 aromatic rings. The molecule has 8 heteroatoms. The number of sulfonamides is 1. The van der Waals surface area contributed by atoms with Crippen LogP contribution in [0.5, 0.6) is 0 Å². The number of halogens is 1. The Labute approximate surface area is 131 Å². The second kappa shape index (κ2) is 5.71. The lowest BCUT2D eigenvalue weighted by molar-refractivity contribution is 0.594. The van der Waals surface area contributed by atoms with Gasteiger partial charge >= 0.3 is 0 Å². The average molecular weight is 367 g/mol. The Kier molecular flexibility index (Phi) is 4.16. The molecule has 6 nitrogen and oxygen atoms in total. The number of hydrogen-bond acceptors (Lipinski definition) is 5. The van der Waals surface area contributed by atoms with Crippen molar-refractivity contribution in [2.24, 2.45) is 0 Å². The third-order valence-electron chi connectivity index (χ3n) is 2.85. The fourth-order valence-corrected chi connectivity index (χ4v) is 3.44. The average Bonchev–Trinajstić information content (AvgIpc) is 2.49. The maximum absolute atomic E-state index is 12.6. The van der Waals surface area contributed by atoms with E-state index in [1.54, 1.807) is 24.3 Å². The zero-order valence-corrected chi connectivity index (χ0v) is 13.4. The van der Waals surface area contributed by atoms with Crippen LogP contribution >= 0.6 is 15.9 Å². The van der Waals surface area contributed by atoms with Crippen molar-refractivity contribution in [1.29, 1.82) is 5.26 Å². The molecule has 0 saturated heterocycles. The summed E-state index contributed by atoms with van der Waals surface area (Å²) in [5.74, 6) is -0.0707. The molecule has 2 rings (SSSR count). The van der Waals surface area contributed by atoms with Crippen LogP contribution in [0.15, 0.2) is 45.9 Å². The summed E-state index contributed by atoms with van der Waals surface area (Å²) in [4.78, 5) is 3.75. The van der Waals surface area contributed by atoms with E-state index in [-0.39, 0.29) is 10.7 Å². The highest BCUT2D eigenvalue weighted by Crippen LogP contribution is 2.27. The maximum Gasteiger partial charge on any atom is 0.267 e. The van der Waals surface area contributed by atoms with Gasteiger partial charge in [-0.25, -0.2) is 13.4 Å². The molecule has 1 heterocycles. The molecule has 1 aromatic carbocycles. The Morgan fingerprint density at radius 2 is 1.95 bits per heavy atom. The fraction of sp³-hybridized carbons (Fsp3) is 0.0769. The topological polar surface area (TPSA) is 100 Å². The number of hydrogen-bond donors (Lipinski definition) is 1. The first-order valence-corrected chi connectivity index (χ1v) is 7.99. The summed E-state index contributed by atoms with van der Waals surface area (Å²) < 4.78 is 26.8. The summed E-state index contributed by atoms with van der Waals surface area (Å²) in [6.07, 6.45) is 1.43. The molecule has 0 saturated carbocycles. The van der Waals surface area contributed by atoms with E-state index in [1.165, 1.54) is 19.3 Å². The molecule has 0 amide bonds. The second-order valence-electron chi connectivity index (χ2n) is 4.17. The predicted molar refractivity (Wildman–Crippen MR) is 83.1 cm³/mol. The van der Waals surface area contributed by atoms with E-state index in [4.69, 9.17) is 11.0 Å². The molecule has 0 unspecified atom stereocenters. The number of nitriles is 1. The minimum absolute atomic E-state index is 0.0707. The van der Waals surface area contributed by atoms with Crippen LogP contribution in [0.3, 0.4) is 0 Å². The molecule has 0 aliphatic carbocycles. The van der Waals surface area contributed by atoms with Crippen molar-refractivity contribution in [3.8, 4) is 6.07 Å². The van der Waals surface area contributed by atoms with E-state index in [0.29, 0.717) is 15.7 Å². The van der Waals surface area contributed by atoms with Gasteiger partial charge in [-0.15, -0.1) is 0 Å². The Hall–Kier alpha value is -2.11. The lowest BCUT2D eigenvalue weighted by atomic mass is 10.2. The molecule has 0 radical (unpaired) electrons. The van der Waals surface area contributed by atoms with Gasteiger partial charge in [0.1, 0.15) is 10.7 Å². The zero-order chi connectivity index (χ0) is 15.6.